The van der Waals surface area contributed by atoms with E-state index < -0.39 is 23.3 Å². The highest BCUT2D eigenvalue weighted by Gasteiger charge is 2.31. The number of hydrogen-bond acceptors (Lipinski definition) is 4. The zero-order valence-corrected chi connectivity index (χ0v) is 12.1. The summed E-state index contributed by atoms with van der Waals surface area (Å²) in [6, 6.07) is -0.590. The van der Waals surface area contributed by atoms with E-state index in [9.17, 15) is 14.4 Å². The van der Waals surface area contributed by atoms with Crippen LogP contribution in [0.3, 0.4) is 0 Å². The third-order valence-electron chi connectivity index (χ3n) is 2.63. The fourth-order valence-electron chi connectivity index (χ4n) is 1.35. The lowest BCUT2D eigenvalue weighted by atomic mass is 9.89. The van der Waals surface area contributed by atoms with Crippen molar-refractivity contribution in [2.24, 2.45) is 5.41 Å². The number of ether oxygens (including phenoxy) is 1. The maximum atomic E-state index is 11.8. The Morgan fingerprint density at radius 1 is 1.40 bits per heavy atom. The van der Waals surface area contributed by atoms with Gasteiger partial charge in [-0.2, -0.15) is 0 Å². The van der Waals surface area contributed by atoms with Crippen LogP contribution in [0.1, 0.15) is 20.3 Å². The van der Waals surface area contributed by atoms with Crippen LogP contribution in [0.5, 0.6) is 0 Å². The number of nitrogens with zero attached hydrogens (tertiary/aromatic N) is 1. The number of rotatable bonds is 8. The molecule has 0 radical (unpaired) electrons. The average molecular weight is 286 g/mol. The second-order valence-corrected chi connectivity index (χ2v) is 4.95. The number of urea groups is 1. The van der Waals surface area contributed by atoms with Gasteiger partial charge in [0.05, 0.1) is 12.0 Å². The van der Waals surface area contributed by atoms with Gasteiger partial charge in [-0.1, -0.05) is 6.08 Å². The van der Waals surface area contributed by atoms with Crippen LogP contribution in [0.4, 0.5) is 4.79 Å². The van der Waals surface area contributed by atoms with E-state index in [-0.39, 0.29) is 13.0 Å². The molecule has 0 aromatic rings. The van der Waals surface area contributed by atoms with E-state index in [2.05, 4.69) is 11.9 Å². The topological polar surface area (TPSA) is 95.9 Å². The maximum absolute atomic E-state index is 11.8. The Morgan fingerprint density at radius 2 is 2.00 bits per heavy atom. The van der Waals surface area contributed by atoms with Gasteiger partial charge in [0, 0.05) is 26.6 Å². The van der Waals surface area contributed by atoms with Gasteiger partial charge in [-0.25, -0.2) is 4.79 Å². The number of carboxylic acids is 1. The van der Waals surface area contributed by atoms with Crippen LogP contribution in [0.15, 0.2) is 12.7 Å². The summed E-state index contributed by atoms with van der Waals surface area (Å²) >= 11 is 0. The number of carbonyl (C=O) groups is 3. The van der Waals surface area contributed by atoms with Crippen molar-refractivity contribution in [3.63, 3.8) is 0 Å². The second kappa shape index (κ2) is 8.31. The van der Waals surface area contributed by atoms with Gasteiger partial charge in [0.15, 0.2) is 0 Å². The largest absolute Gasteiger partial charge is 0.481 e. The summed E-state index contributed by atoms with van der Waals surface area (Å²) in [7, 11) is 1.50. The highest BCUT2D eigenvalue weighted by atomic mass is 16.5. The van der Waals surface area contributed by atoms with E-state index in [4.69, 9.17) is 9.84 Å². The fraction of sp³-hybridized carbons (Fsp3) is 0.615. The molecule has 0 unspecified atom stereocenters. The molecule has 0 aromatic carbocycles. The first kappa shape index (κ1) is 18.1. The van der Waals surface area contributed by atoms with Crippen LogP contribution in [0.2, 0.25) is 0 Å². The van der Waals surface area contributed by atoms with Crippen LogP contribution in [-0.2, 0) is 14.3 Å². The number of aliphatic carboxylic acids is 1. The molecule has 7 nitrogen and oxygen atoms in total. The number of hydrogen-bond donors (Lipinski definition) is 2. The van der Waals surface area contributed by atoms with E-state index in [1.54, 1.807) is 0 Å². The molecular formula is C13H22N2O5. The molecule has 0 heterocycles. The molecule has 0 fully saturated rings. The van der Waals surface area contributed by atoms with Gasteiger partial charge in [0.2, 0.25) is 5.91 Å². The summed E-state index contributed by atoms with van der Waals surface area (Å²) in [5.74, 6) is -1.73. The molecule has 0 saturated heterocycles. The van der Waals surface area contributed by atoms with Gasteiger partial charge < -0.3 is 14.7 Å². The maximum Gasteiger partial charge on any atom is 0.324 e. The number of nitrogens with one attached hydrogen (secondary N) is 1. The van der Waals surface area contributed by atoms with E-state index in [1.165, 1.54) is 31.9 Å². The van der Waals surface area contributed by atoms with E-state index >= 15 is 0 Å². The van der Waals surface area contributed by atoms with Gasteiger partial charge in [-0.3, -0.25) is 14.9 Å². The van der Waals surface area contributed by atoms with Crippen LogP contribution in [-0.4, -0.2) is 54.7 Å². The molecule has 0 saturated carbocycles. The third-order valence-corrected chi connectivity index (χ3v) is 2.63. The Hall–Kier alpha value is -1.89. The average Bonchev–Trinajstić information content (AvgIpc) is 2.33. The van der Waals surface area contributed by atoms with Gasteiger partial charge in [-0.15, -0.1) is 6.58 Å². The normalized spacial score (nSPS) is 10.8. The van der Waals surface area contributed by atoms with Crippen molar-refractivity contribution in [1.29, 1.82) is 0 Å². The Labute approximate surface area is 118 Å². The molecule has 7 heteroatoms. The number of amides is 3. The summed E-state index contributed by atoms with van der Waals surface area (Å²) in [6.45, 7) is 7.28. The number of methoxy groups -OCH3 is 1. The molecule has 2 N–H and O–H groups in total. The van der Waals surface area contributed by atoms with Crippen molar-refractivity contribution >= 4 is 17.9 Å². The first-order valence-electron chi connectivity index (χ1n) is 6.16. The Balaban J connectivity index is 4.51. The minimum atomic E-state index is -1.22. The quantitative estimate of drug-likeness (QED) is 0.645. The lowest BCUT2D eigenvalue weighted by Gasteiger charge is -2.22. The van der Waals surface area contributed by atoms with Crippen molar-refractivity contribution < 1.29 is 24.2 Å². The molecule has 114 valence electrons. The van der Waals surface area contributed by atoms with Crippen LogP contribution in [0.25, 0.3) is 0 Å². The summed E-state index contributed by atoms with van der Waals surface area (Å²) in [6.07, 6.45) is 1.25. The van der Waals surface area contributed by atoms with E-state index in [0.29, 0.717) is 13.2 Å². The van der Waals surface area contributed by atoms with Crippen molar-refractivity contribution in [2.45, 2.75) is 20.3 Å². The minimum Gasteiger partial charge on any atom is -0.481 e. The molecule has 0 aliphatic heterocycles. The Kier molecular flexibility index (Phi) is 7.53. The zero-order chi connectivity index (χ0) is 15.8. The van der Waals surface area contributed by atoms with Crippen LogP contribution in [0, 0.1) is 5.41 Å². The summed E-state index contributed by atoms with van der Waals surface area (Å²) in [5, 5.41) is 11.1. The van der Waals surface area contributed by atoms with Crippen LogP contribution >= 0.6 is 0 Å². The van der Waals surface area contributed by atoms with E-state index in [1.807, 2.05) is 0 Å². The highest BCUT2D eigenvalue weighted by Crippen LogP contribution is 2.19. The molecule has 20 heavy (non-hydrogen) atoms. The molecule has 0 spiro atoms. The number of carboxylic acid groups (broad SMARTS) is 1. The predicted octanol–water partition coefficient (Wildman–Crippen LogP) is 0.858. The molecule has 0 bridgehead atoms. The predicted molar refractivity (Wildman–Crippen MR) is 73.2 cm³/mol. The van der Waals surface area contributed by atoms with Gasteiger partial charge in [0.1, 0.15) is 0 Å². The number of imide groups is 1. The van der Waals surface area contributed by atoms with Gasteiger partial charge in [0.25, 0.3) is 0 Å². The molecule has 0 aliphatic rings. The minimum absolute atomic E-state index is 0.269. The molecule has 0 rings (SSSR count). The van der Waals surface area contributed by atoms with Crippen molar-refractivity contribution in [3.8, 4) is 0 Å². The molecular weight excluding hydrogens is 264 g/mol. The lowest BCUT2D eigenvalue weighted by molar-refractivity contribution is -0.149. The Morgan fingerprint density at radius 3 is 2.45 bits per heavy atom. The molecule has 0 aliphatic carbocycles. The van der Waals surface area contributed by atoms with Crippen molar-refractivity contribution in [1.82, 2.24) is 10.2 Å². The van der Waals surface area contributed by atoms with Gasteiger partial charge >= 0.3 is 12.0 Å². The van der Waals surface area contributed by atoms with Crippen molar-refractivity contribution in [3.05, 3.63) is 12.7 Å². The highest BCUT2D eigenvalue weighted by molar-refractivity contribution is 5.96. The molecule has 0 aromatic heterocycles. The lowest BCUT2D eigenvalue weighted by Crippen LogP contribution is -2.45. The van der Waals surface area contributed by atoms with Gasteiger partial charge in [-0.05, 0) is 13.8 Å². The Bertz CT molecular complexity index is 379. The summed E-state index contributed by atoms with van der Waals surface area (Å²) in [4.78, 5) is 35.8. The molecule has 0 atom stereocenters. The monoisotopic (exact) mass is 286 g/mol. The summed E-state index contributed by atoms with van der Waals surface area (Å²) < 4.78 is 4.87. The SMILES string of the molecule is C=CCN(CCOC)C(=O)NC(=O)CC(C)(C)C(=O)O. The third kappa shape index (κ3) is 6.33. The first-order valence-corrected chi connectivity index (χ1v) is 6.16. The smallest absolute Gasteiger partial charge is 0.324 e. The fourth-order valence-corrected chi connectivity index (χ4v) is 1.35. The number of carbonyl (C=O) groups excluding carboxylic acids is 2. The molecule has 3 amide bonds. The summed E-state index contributed by atoms with van der Waals surface area (Å²) in [5.41, 5.74) is -1.22. The van der Waals surface area contributed by atoms with Crippen LogP contribution < -0.4 is 5.32 Å². The standard InChI is InChI=1S/C13H22N2O5/c1-5-6-15(7-8-20-4)12(19)14-10(16)9-13(2,3)11(17)18/h5H,1,6-9H2,2-4H3,(H,17,18)(H,14,16,19). The van der Waals surface area contributed by atoms with E-state index in [0.717, 1.165) is 0 Å². The first-order chi connectivity index (χ1) is 9.24. The zero-order valence-electron chi connectivity index (χ0n) is 12.1. The van der Waals surface area contributed by atoms with Crippen molar-refractivity contribution in [2.75, 3.05) is 26.8 Å². The second-order valence-electron chi connectivity index (χ2n) is 4.95.